The van der Waals surface area contributed by atoms with Crippen LogP contribution in [0.2, 0.25) is 0 Å². The van der Waals surface area contributed by atoms with Crippen molar-refractivity contribution >= 4 is 5.91 Å². The Bertz CT molecular complexity index is 1200. The van der Waals surface area contributed by atoms with Gasteiger partial charge in [0.25, 0.3) is 5.91 Å². The maximum atomic E-state index is 13.3. The molecule has 2 aromatic heterocycles. The van der Waals surface area contributed by atoms with Crippen LogP contribution in [0.1, 0.15) is 15.9 Å². The zero-order valence-corrected chi connectivity index (χ0v) is 15.8. The van der Waals surface area contributed by atoms with E-state index in [1.807, 2.05) is 42.7 Å². The topological polar surface area (TPSA) is 70.3 Å². The summed E-state index contributed by atoms with van der Waals surface area (Å²) in [5.41, 5.74) is 1.94. The van der Waals surface area contributed by atoms with Gasteiger partial charge in [0.15, 0.2) is 17.3 Å². The molecule has 0 spiro atoms. The summed E-state index contributed by atoms with van der Waals surface area (Å²) in [5, 5.41) is 7.29. The van der Waals surface area contributed by atoms with Gasteiger partial charge < -0.3 is 19.4 Å². The normalized spacial score (nSPS) is 12.2. The molecule has 0 unspecified atom stereocenters. The molecule has 0 radical (unpaired) electrons. The fourth-order valence-electron chi connectivity index (χ4n) is 3.33. The van der Waals surface area contributed by atoms with Gasteiger partial charge in [-0.1, -0.05) is 6.07 Å². The first-order valence-corrected chi connectivity index (χ1v) is 9.33. The van der Waals surface area contributed by atoms with Crippen LogP contribution in [-0.4, -0.2) is 27.0 Å². The lowest BCUT2D eigenvalue weighted by Crippen LogP contribution is -2.24. The molecule has 0 saturated carbocycles. The molecule has 0 bridgehead atoms. The number of aromatic nitrogens is 3. The van der Waals surface area contributed by atoms with E-state index in [4.69, 9.17) is 9.47 Å². The standard InChI is InChI=1S/C22H17FN4O3/c23-16-4-6-17(7-5-16)27-22(26-9-1-2-10-26)18(13-25-27)21(28)24-12-15-3-8-19-20(11-15)30-14-29-19/h1-11,13H,12,14H2,(H,24,28). The minimum Gasteiger partial charge on any atom is -0.454 e. The van der Waals surface area contributed by atoms with Crippen LogP contribution in [0.5, 0.6) is 11.5 Å². The Morgan fingerprint density at radius 2 is 1.83 bits per heavy atom. The second kappa shape index (κ2) is 7.40. The summed E-state index contributed by atoms with van der Waals surface area (Å²) in [6, 6.07) is 15.2. The van der Waals surface area contributed by atoms with Gasteiger partial charge in [-0.15, -0.1) is 0 Å². The number of carbonyl (C=O) groups is 1. The van der Waals surface area contributed by atoms with Gasteiger partial charge in [0.1, 0.15) is 11.4 Å². The summed E-state index contributed by atoms with van der Waals surface area (Å²) in [6.45, 7) is 0.524. The summed E-state index contributed by atoms with van der Waals surface area (Å²) >= 11 is 0. The first-order chi connectivity index (χ1) is 14.7. The van der Waals surface area contributed by atoms with Crippen molar-refractivity contribution in [2.24, 2.45) is 0 Å². The molecular formula is C22H17FN4O3. The molecule has 5 rings (SSSR count). The highest BCUT2D eigenvalue weighted by Crippen LogP contribution is 2.32. The van der Waals surface area contributed by atoms with E-state index in [0.29, 0.717) is 35.1 Å². The van der Waals surface area contributed by atoms with Gasteiger partial charge in [-0.2, -0.15) is 5.10 Å². The molecule has 0 saturated heterocycles. The quantitative estimate of drug-likeness (QED) is 0.553. The van der Waals surface area contributed by atoms with Crippen molar-refractivity contribution in [3.63, 3.8) is 0 Å². The van der Waals surface area contributed by atoms with Crippen molar-refractivity contribution in [2.45, 2.75) is 6.54 Å². The number of amides is 1. The first-order valence-electron chi connectivity index (χ1n) is 9.33. The maximum Gasteiger partial charge on any atom is 0.256 e. The minimum absolute atomic E-state index is 0.202. The van der Waals surface area contributed by atoms with E-state index in [9.17, 15) is 9.18 Å². The molecule has 3 heterocycles. The number of rotatable bonds is 5. The third-order valence-corrected chi connectivity index (χ3v) is 4.80. The molecule has 1 aliphatic rings. The average molecular weight is 404 g/mol. The van der Waals surface area contributed by atoms with Crippen LogP contribution in [0.25, 0.3) is 11.5 Å². The molecule has 0 atom stereocenters. The molecule has 1 aliphatic heterocycles. The Morgan fingerprint density at radius 1 is 1.07 bits per heavy atom. The van der Waals surface area contributed by atoms with Gasteiger partial charge in [0.2, 0.25) is 6.79 Å². The van der Waals surface area contributed by atoms with Crippen molar-refractivity contribution < 1.29 is 18.7 Å². The van der Waals surface area contributed by atoms with E-state index >= 15 is 0 Å². The Balaban J connectivity index is 1.43. The number of nitrogens with zero attached hydrogens (tertiary/aromatic N) is 3. The van der Waals surface area contributed by atoms with Crippen molar-refractivity contribution in [1.82, 2.24) is 19.7 Å². The lowest BCUT2D eigenvalue weighted by molar-refractivity contribution is 0.0951. The van der Waals surface area contributed by atoms with Crippen LogP contribution >= 0.6 is 0 Å². The predicted molar refractivity (Wildman–Crippen MR) is 107 cm³/mol. The number of halogens is 1. The Hall–Kier alpha value is -4.07. The number of hydrogen-bond acceptors (Lipinski definition) is 4. The second-order valence-electron chi connectivity index (χ2n) is 6.73. The van der Waals surface area contributed by atoms with Gasteiger partial charge >= 0.3 is 0 Å². The third kappa shape index (κ3) is 3.28. The van der Waals surface area contributed by atoms with Crippen LogP contribution in [-0.2, 0) is 6.54 Å². The van der Waals surface area contributed by atoms with E-state index in [1.165, 1.54) is 18.3 Å². The lowest BCUT2D eigenvalue weighted by Gasteiger charge is -2.11. The second-order valence-corrected chi connectivity index (χ2v) is 6.73. The highest BCUT2D eigenvalue weighted by molar-refractivity contribution is 5.97. The molecule has 150 valence electrons. The molecule has 30 heavy (non-hydrogen) atoms. The molecule has 4 aromatic rings. The molecule has 8 heteroatoms. The Kier molecular flexibility index (Phi) is 4.44. The summed E-state index contributed by atoms with van der Waals surface area (Å²) in [6.07, 6.45) is 5.16. The van der Waals surface area contributed by atoms with E-state index in [1.54, 1.807) is 21.4 Å². The number of benzene rings is 2. The van der Waals surface area contributed by atoms with E-state index in [2.05, 4.69) is 10.4 Å². The van der Waals surface area contributed by atoms with Crippen LogP contribution < -0.4 is 14.8 Å². The van der Waals surface area contributed by atoms with E-state index < -0.39 is 0 Å². The number of fused-ring (bicyclic) bond motifs is 1. The minimum atomic E-state index is -0.338. The number of ether oxygens (including phenoxy) is 2. The Morgan fingerprint density at radius 3 is 2.63 bits per heavy atom. The fraction of sp³-hybridized carbons (Fsp3) is 0.0909. The van der Waals surface area contributed by atoms with Crippen molar-refractivity contribution in [3.8, 4) is 23.0 Å². The molecule has 0 aliphatic carbocycles. The summed E-state index contributed by atoms with van der Waals surface area (Å²) in [5.74, 6) is 1.31. The zero-order valence-electron chi connectivity index (χ0n) is 15.8. The average Bonchev–Trinajstić information content (AvgIpc) is 3.52. The van der Waals surface area contributed by atoms with Crippen molar-refractivity contribution in [2.75, 3.05) is 6.79 Å². The van der Waals surface area contributed by atoms with Crippen LogP contribution in [0, 0.1) is 5.82 Å². The van der Waals surface area contributed by atoms with Gasteiger partial charge in [0.05, 0.1) is 11.9 Å². The molecule has 7 nitrogen and oxygen atoms in total. The highest BCUT2D eigenvalue weighted by Gasteiger charge is 2.20. The van der Waals surface area contributed by atoms with E-state index in [0.717, 1.165) is 5.56 Å². The van der Waals surface area contributed by atoms with Gasteiger partial charge in [-0.05, 0) is 54.1 Å². The lowest BCUT2D eigenvalue weighted by atomic mass is 10.2. The largest absolute Gasteiger partial charge is 0.454 e. The molecule has 2 aromatic carbocycles. The maximum absolute atomic E-state index is 13.3. The molecular weight excluding hydrogens is 387 g/mol. The monoisotopic (exact) mass is 404 g/mol. The van der Waals surface area contributed by atoms with Gasteiger partial charge in [0, 0.05) is 18.9 Å². The van der Waals surface area contributed by atoms with Crippen LogP contribution in [0.15, 0.2) is 73.2 Å². The SMILES string of the molecule is O=C(NCc1ccc2c(c1)OCO2)c1cnn(-c2ccc(F)cc2)c1-n1cccc1. The smallest absolute Gasteiger partial charge is 0.256 e. The number of carbonyl (C=O) groups excluding carboxylic acids is 1. The van der Waals surface area contributed by atoms with Gasteiger partial charge in [-0.3, -0.25) is 4.79 Å². The van der Waals surface area contributed by atoms with Gasteiger partial charge in [-0.25, -0.2) is 9.07 Å². The van der Waals surface area contributed by atoms with Crippen LogP contribution in [0.4, 0.5) is 4.39 Å². The predicted octanol–water partition coefficient (Wildman–Crippen LogP) is 3.46. The van der Waals surface area contributed by atoms with Crippen LogP contribution in [0.3, 0.4) is 0 Å². The third-order valence-electron chi connectivity index (χ3n) is 4.80. The number of nitrogens with one attached hydrogen (secondary N) is 1. The molecule has 0 fully saturated rings. The summed E-state index contributed by atoms with van der Waals surface area (Å²) < 4.78 is 27.4. The van der Waals surface area contributed by atoms with Crippen molar-refractivity contribution in [3.05, 3.63) is 90.1 Å². The summed E-state index contributed by atoms with van der Waals surface area (Å²) in [4.78, 5) is 13.0. The zero-order chi connectivity index (χ0) is 20.5. The summed E-state index contributed by atoms with van der Waals surface area (Å²) in [7, 11) is 0. The molecule has 1 amide bonds. The highest BCUT2D eigenvalue weighted by atomic mass is 19.1. The molecule has 1 N–H and O–H groups in total. The number of hydrogen-bond donors (Lipinski definition) is 1. The first kappa shape index (κ1) is 18.0. The fourth-order valence-corrected chi connectivity index (χ4v) is 3.33. The Labute approximate surface area is 171 Å². The van der Waals surface area contributed by atoms with Crippen molar-refractivity contribution in [1.29, 1.82) is 0 Å². The van der Waals surface area contributed by atoms with E-state index in [-0.39, 0.29) is 18.5 Å².